The lowest BCUT2D eigenvalue weighted by molar-refractivity contribution is -0.150. The number of carbonyl (C=O) groups excluding carboxylic acids is 2. The van der Waals surface area contributed by atoms with Gasteiger partial charge in [-0.3, -0.25) is 4.79 Å². The summed E-state index contributed by atoms with van der Waals surface area (Å²) in [6.07, 6.45) is 0.669. The molecule has 0 unspecified atom stereocenters. The highest BCUT2D eigenvalue weighted by Crippen LogP contribution is 2.45. The van der Waals surface area contributed by atoms with Crippen LogP contribution >= 0.6 is 0 Å². The first kappa shape index (κ1) is 22.5. The van der Waals surface area contributed by atoms with Gasteiger partial charge in [0, 0.05) is 6.42 Å². The largest absolute Gasteiger partial charge is 0.493 e. The van der Waals surface area contributed by atoms with E-state index in [4.69, 9.17) is 18.9 Å². The third-order valence-corrected chi connectivity index (χ3v) is 6.13. The summed E-state index contributed by atoms with van der Waals surface area (Å²) in [6, 6.07) is 16.3. The molecule has 1 amide bonds. The Balaban J connectivity index is 2.00. The minimum absolute atomic E-state index is 0.114. The Morgan fingerprint density at radius 1 is 0.939 bits per heavy atom. The smallest absolute Gasteiger partial charge is 0.328 e. The zero-order chi connectivity index (χ0) is 23.5. The molecule has 1 aliphatic rings. The van der Waals surface area contributed by atoms with Crippen molar-refractivity contribution in [1.29, 1.82) is 0 Å². The molecule has 7 nitrogen and oxygen atoms in total. The fourth-order valence-electron chi connectivity index (χ4n) is 4.63. The molecule has 1 aliphatic heterocycles. The second-order valence-electron chi connectivity index (χ2n) is 7.81. The quantitative estimate of drug-likeness (QED) is 0.505. The molecule has 1 saturated heterocycles. The van der Waals surface area contributed by atoms with Gasteiger partial charge in [-0.25, -0.2) is 4.79 Å². The van der Waals surface area contributed by atoms with Gasteiger partial charge in [-0.1, -0.05) is 42.5 Å². The number of hydrogen-bond acceptors (Lipinski definition) is 6. The maximum Gasteiger partial charge on any atom is 0.328 e. The van der Waals surface area contributed by atoms with Crippen molar-refractivity contribution in [2.24, 2.45) is 0 Å². The molecular formula is C26H27NO6. The van der Waals surface area contributed by atoms with Gasteiger partial charge in [-0.2, -0.15) is 0 Å². The van der Waals surface area contributed by atoms with Crippen LogP contribution < -0.4 is 14.2 Å². The Morgan fingerprint density at radius 3 is 2.24 bits per heavy atom. The van der Waals surface area contributed by atoms with Crippen molar-refractivity contribution in [3.05, 3.63) is 65.7 Å². The topological polar surface area (TPSA) is 74.3 Å². The van der Waals surface area contributed by atoms with Crippen LogP contribution in [0.2, 0.25) is 0 Å². The van der Waals surface area contributed by atoms with Gasteiger partial charge >= 0.3 is 5.97 Å². The van der Waals surface area contributed by atoms with Gasteiger partial charge in [-0.15, -0.1) is 0 Å². The van der Waals surface area contributed by atoms with E-state index in [1.54, 1.807) is 26.2 Å². The third kappa shape index (κ3) is 3.95. The van der Waals surface area contributed by atoms with Gasteiger partial charge < -0.3 is 23.8 Å². The van der Waals surface area contributed by atoms with Crippen molar-refractivity contribution in [2.75, 3.05) is 28.4 Å². The maximum absolute atomic E-state index is 13.2. The summed E-state index contributed by atoms with van der Waals surface area (Å²) in [5.41, 5.74) is 1.64. The molecule has 0 N–H and O–H groups in total. The van der Waals surface area contributed by atoms with Crippen molar-refractivity contribution in [3.8, 4) is 17.2 Å². The second kappa shape index (κ2) is 9.40. The number of amides is 1. The standard InChI is InChI=1S/C26H27NO6/c1-30-21-14-17(15-22(31-2)25(21)32-3)24(27-20(26(29)33-4)12-13-23(27)28)19-11-7-9-16-8-5-6-10-18(16)19/h5-11,14-15,20,24H,12-13H2,1-4H3/t20-,24-/m1/s1. The molecule has 0 bridgehead atoms. The summed E-state index contributed by atoms with van der Waals surface area (Å²) >= 11 is 0. The number of methoxy groups -OCH3 is 4. The number of esters is 1. The molecule has 7 heteroatoms. The lowest BCUT2D eigenvalue weighted by Gasteiger charge is -2.34. The van der Waals surface area contributed by atoms with Gasteiger partial charge in [0.15, 0.2) is 11.5 Å². The van der Waals surface area contributed by atoms with Crippen LogP contribution in [0.25, 0.3) is 10.8 Å². The third-order valence-electron chi connectivity index (χ3n) is 6.13. The van der Waals surface area contributed by atoms with Crippen molar-refractivity contribution in [3.63, 3.8) is 0 Å². The zero-order valence-electron chi connectivity index (χ0n) is 19.2. The summed E-state index contributed by atoms with van der Waals surface area (Å²) in [5, 5.41) is 2.02. The zero-order valence-corrected chi connectivity index (χ0v) is 19.2. The highest BCUT2D eigenvalue weighted by atomic mass is 16.5. The van der Waals surface area contributed by atoms with E-state index in [0.717, 1.165) is 21.9 Å². The van der Waals surface area contributed by atoms with E-state index in [9.17, 15) is 9.59 Å². The molecule has 0 radical (unpaired) electrons. The molecule has 172 valence electrons. The number of likely N-dealkylation sites (tertiary alicyclic amines) is 1. The van der Waals surface area contributed by atoms with E-state index in [1.807, 2.05) is 54.6 Å². The first-order chi connectivity index (χ1) is 16.0. The van der Waals surface area contributed by atoms with Crippen LogP contribution in [0.3, 0.4) is 0 Å². The second-order valence-corrected chi connectivity index (χ2v) is 7.81. The number of hydrogen-bond donors (Lipinski definition) is 0. The Morgan fingerprint density at radius 2 is 1.61 bits per heavy atom. The first-order valence-electron chi connectivity index (χ1n) is 10.7. The fraction of sp³-hybridized carbons (Fsp3) is 0.308. The van der Waals surface area contributed by atoms with Gasteiger partial charge in [0.05, 0.1) is 34.5 Å². The monoisotopic (exact) mass is 449 g/mol. The first-order valence-corrected chi connectivity index (χ1v) is 10.7. The predicted octanol–water partition coefficient (Wildman–Crippen LogP) is 4.12. The highest BCUT2D eigenvalue weighted by molar-refractivity contribution is 5.91. The number of ether oxygens (including phenoxy) is 4. The average Bonchev–Trinajstić information content (AvgIpc) is 3.24. The van der Waals surface area contributed by atoms with Crippen molar-refractivity contribution in [1.82, 2.24) is 4.90 Å². The highest BCUT2D eigenvalue weighted by Gasteiger charge is 2.43. The number of nitrogens with zero attached hydrogens (tertiary/aromatic N) is 1. The van der Waals surface area contributed by atoms with E-state index in [-0.39, 0.29) is 12.3 Å². The number of rotatable bonds is 7. The molecule has 3 aromatic carbocycles. The van der Waals surface area contributed by atoms with Crippen LogP contribution in [-0.2, 0) is 14.3 Å². The molecule has 2 atom stereocenters. The van der Waals surface area contributed by atoms with Crippen molar-refractivity contribution < 1.29 is 28.5 Å². The molecule has 33 heavy (non-hydrogen) atoms. The van der Waals surface area contributed by atoms with Crippen LogP contribution in [0.15, 0.2) is 54.6 Å². The number of benzene rings is 3. The van der Waals surface area contributed by atoms with E-state index in [2.05, 4.69) is 0 Å². The van der Waals surface area contributed by atoms with Gasteiger partial charge in [0.1, 0.15) is 6.04 Å². The molecule has 1 heterocycles. The summed E-state index contributed by atoms with van der Waals surface area (Å²) in [7, 11) is 5.98. The Labute approximate surface area is 192 Å². The van der Waals surface area contributed by atoms with Crippen molar-refractivity contribution in [2.45, 2.75) is 24.9 Å². The Kier molecular flexibility index (Phi) is 6.40. The maximum atomic E-state index is 13.2. The van der Waals surface area contributed by atoms with Crippen LogP contribution in [0.1, 0.15) is 30.0 Å². The molecule has 0 aromatic heterocycles. The lowest BCUT2D eigenvalue weighted by Crippen LogP contribution is -2.42. The van der Waals surface area contributed by atoms with Gasteiger partial charge in [0.2, 0.25) is 11.7 Å². The molecule has 1 fully saturated rings. The number of carbonyl (C=O) groups is 2. The summed E-state index contributed by atoms with van der Waals surface area (Å²) in [6.45, 7) is 0. The van der Waals surface area contributed by atoms with Crippen molar-refractivity contribution >= 4 is 22.6 Å². The minimum atomic E-state index is -0.689. The summed E-state index contributed by atoms with van der Waals surface area (Å²) < 4.78 is 21.7. The molecule has 0 saturated carbocycles. The SMILES string of the molecule is COC(=O)[C@H]1CCC(=O)N1[C@H](c1cc(OC)c(OC)c(OC)c1)c1cccc2ccccc12. The lowest BCUT2D eigenvalue weighted by atomic mass is 9.91. The molecular weight excluding hydrogens is 422 g/mol. The van der Waals surface area contributed by atoms with Gasteiger partial charge in [0.25, 0.3) is 0 Å². The van der Waals surface area contributed by atoms with Crippen LogP contribution in [0.4, 0.5) is 0 Å². The molecule has 4 rings (SSSR count). The molecule has 0 spiro atoms. The number of fused-ring (bicyclic) bond motifs is 1. The Hall–Kier alpha value is -3.74. The van der Waals surface area contributed by atoms with Crippen LogP contribution in [0, 0.1) is 0 Å². The van der Waals surface area contributed by atoms with E-state index >= 15 is 0 Å². The summed E-state index contributed by atoms with van der Waals surface area (Å²) in [4.78, 5) is 27.5. The van der Waals surface area contributed by atoms with E-state index in [0.29, 0.717) is 23.7 Å². The van der Waals surface area contributed by atoms with Crippen LogP contribution in [-0.4, -0.2) is 51.3 Å². The molecule has 0 aliphatic carbocycles. The predicted molar refractivity (Wildman–Crippen MR) is 124 cm³/mol. The average molecular weight is 450 g/mol. The van der Waals surface area contributed by atoms with E-state index in [1.165, 1.54) is 7.11 Å². The normalized spacial score (nSPS) is 16.5. The minimum Gasteiger partial charge on any atom is -0.493 e. The molecule has 3 aromatic rings. The summed E-state index contributed by atoms with van der Waals surface area (Å²) in [5.74, 6) is 0.852. The fourth-order valence-corrected chi connectivity index (χ4v) is 4.63. The van der Waals surface area contributed by atoms with Gasteiger partial charge in [-0.05, 0) is 40.5 Å². The Bertz CT molecular complexity index is 1160. The van der Waals surface area contributed by atoms with Crippen LogP contribution in [0.5, 0.6) is 17.2 Å². The van der Waals surface area contributed by atoms with E-state index < -0.39 is 18.1 Å².